The van der Waals surface area contributed by atoms with Crippen molar-refractivity contribution in [1.82, 2.24) is 29.1 Å². The van der Waals surface area contributed by atoms with Crippen LogP contribution in [0.3, 0.4) is 0 Å². The summed E-state index contributed by atoms with van der Waals surface area (Å²) in [7, 11) is 0. The molecule has 0 saturated carbocycles. The molecule has 0 aliphatic carbocycles. The van der Waals surface area contributed by atoms with Gasteiger partial charge in [0, 0.05) is 29.5 Å². The van der Waals surface area contributed by atoms with Gasteiger partial charge in [-0.2, -0.15) is 5.10 Å². The molecule has 1 N–H and O–H groups in total. The maximum atomic E-state index is 12.7. The van der Waals surface area contributed by atoms with E-state index in [0.717, 1.165) is 21.5 Å². The van der Waals surface area contributed by atoms with Crippen molar-refractivity contribution in [3.05, 3.63) is 94.1 Å². The Morgan fingerprint density at radius 2 is 1.77 bits per heavy atom. The molecule has 0 aliphatic rings. The number of hydrogen-bond donors (Lipinski definition) is 1. The van der Waals surface area contributed by atoms with Gasteiger partial charge in [-0.05, 0) is 23.8 Å². The lowest BCUT2D eigenvalue weighted by Crippen LogP contribution is -2.32. The summed E-state index contributed by atoms with van der Waals surface area (Å²) in [6.07, 6.45) is 3.28. The van der Waals surface area contributed by atoms with Gasteiger partial charge >= 0.3 is 5.69 Å². The number of aromatic nitrogens is 5. The highest BCUT2D eigenvalue weighted by Crippen LogP contribution is 2.22. The number of carbonyl (C=O) groups excluding carboxylic acids is 1. The fourth-order valence-electron chi connectivity index (χ4n) is 3.39. The zero-order valence-electron chi connectivity index (χ0n) is 16.3. The van der Waals surface area contributed by atoms with E-state index >= 15 is 0 Å². The van der Waals surface area contributed by atoms with E-state index in [1.54, 1.807) is 29.0 Å². The lowest BCUT2D eigenvalue weighted by Gasteiger charge is -2.04. The molecule has 5 rings (SSSR count). The second kappa shape index (κ2) is 7.73. The third kappa shape index (κ3) is 3.69. The Hall–Kier alpha value is -3.91. The van der Waals surface area contributed by atoms with Gasteiger partial charge in [0.15, 0.2) is 5.65 Å². The third-order valence-corrected chi connectivity index (χ3v) is 5.21. The van der Waals surface area contributed by atoms with Crippen LogP contribution in [0, 0.1) is 0 Å². The van der Waals surface area contributed by atoms with E-state index in [-0.39, 0.29) is 18.1 Å². The monoisotopic (exact) mass is 432 g/mol. The van der Waals surface area contributed by atoms with E-state index in [4.69, 9.17) is 11.6 Å². The van der Waals surface area contributed by atoms with Gasteiger partial charge < -0.3 is 5.32 Å². The Morgan fingerprint density at radius 1 is 1.00 bits per heavy atom. The van der Waals surface area contributed by atoms with Crippen molar-refractivity contribution in [1.29, 1.82) is 0 Å². The molecule has 0 atom stereocenters. The molecule has 0 fully saturated rings. The molecule has 9 heteroatoms. The molecule has 31 heavy (non-hydrogen) atoms. The van der Waals surface area contributed by atoms with E-state index in [1.165, 1.54) is 4.40 Å². The highest BCUT2D eigenvalue weighted by molar-refractivity contribution is 6.30. The predicted molar refractivity (Wildman–Crippen MR) is 117 cm³/mol. The van der Waals surface area contributed by atoms with E-state index in [2.05, 4.69) is 15.5 Å². The third-order valence-electron chi connectivity index (χ3n) is 4.96. The van der Waals surface area contributed by atoms with Crippen molar-refractivity contribution >= 4 is 28.7 Å². The Labute approximate surface area is 181 Å². The van der Waals surface area contributed by atoms with E-state index in [1.807, 2.05) is 48.5 Å². The Morgan fingerprint density at radius 3 is 2.55 bits per heavy atom. The second-order valence-corrected chi connectivity index (χ2v) is 7.50. The van der Waals surface area contributed by atoms with Crippen molar-refractivity contribution in [2.24, 2.45) is 0 Å². The second-order valence-electron chi connectivity index (χ2n) is 7.06. The van der Waals surface area contributed by atoms with E-state index in [0.29, 0.717) is 22.7 Å². The van der Waals surface area contributed by atoms with Crippen LogP contribution in [0.5, 0.6) is 0 Å². The molecular formula is C22H17ClN6O2. The summed E-state index contributed by atoms with van der Waals surface area (Å²) in [5, 5.41) is 12.4. The number of fused-ring (bicyclic) bond motifs is 3. The molecule has 3 aromatic heterocycles. The molecule has 5 aromatic rings. The zero-order valence-corrected chi connectivity index (χ0v) is 17.0. The smallest absolute Gasteiger partial charge is 0.350 e. The van der Waals surface area contributed by atoms with Crippen LogP contribution in [0.4, 0.5) is 0 Å². The highest BCUT2D eigenvalue weighted by atomic mass is 35.5. The van der Waals surface area contributed by atoms with Crippen LogP contribution in [0.2, 0.25) is 5.02 Å². The van der Waals surface area contributed by atoms with Crippen molar-refractivity contribution in [3.63, 3.8) is 0 Å². The number of nitrogens with zero attached hydrogens (tertiary/aromatic N) is 5. The minimum absolute atomic E-state index is 0.169. The Kier molecular flexibility index (Phi) is 4.76. The van der Waals surface area contributed by atoms with Crippen LogP contribution in [0.15, 0.2) is 77.9 Å². The van der Waals surface area contributed by atoms with Crippen molar-refractivity contribution in [2.45, 2.75) is 13.1 Å². The summed E-state index contributed by atoms with van der Waals surface area (Å²) in [6.45, 7) is 0.219. The van der Waals surface area contributed by atoms with Crippen molar-refractivity contribution in [3.8, 4) is 11.3 Å². The van der Waals surface area contributed by atoms with Gasteiger partial charge in [-0.1, -0.05) is 54.1 Å². The minimum Gasteiger partial charge on any atom is -0.350 e. The summed E-state index contributed by atoms with van der Waals surface area (Å²) in [5.41, 5.74) is 3.31. The van der Waals surface area contributed by atoms with Crippen LogP contribution in [-0.4, -0.2) is 29.7 Å². The number of nitrogens with one attached hydrogen (secondary N) is 1. The number of halogens is 1. The SMILES string of the molecule is O=C(Cn1nc2c3cc(-c4ccc(Cl)cc4)nn3ccn2c1=O)NCc1ccccc1. The molecule has 0 unspecified atom stereocenters. The zero-order chi connectivity index (χ0) is 21.4. The van der Waals surface area contributed by atoms with Crippen LogP contribution in [-0.2, 0) is 17.9 Å². The van der Waals surface area contributed by atoms with Crippen LogP contribution in [0.1, 0.15) is 5.56 Å². The molecule has 0 spiro atoms. The molecule has 0 saturated heterocycles. The molecule has 8 nitrogen and oxygen atoms in total. The van der Waals surface area contributed by atoms with Crippen LogP contribution >= 0.6 is 11.6 Å². The number of amides is 1. The van der Waals surface area contributed by atoms with Crippen LogP contribution in [0.25, 0.3) is 22.4 Å². The van der Waals surface area contributed by atoms with Gasteiger partial charge in [0.05, 0.1) is 5.69 Å². The van der Waals surface area contributed by atoms with Crippen molar-refractivity contribution < 1.29 is 4.79 Å². The van der Waals surface area contributed by atoms with Gasteiger partial charge in [-0.3, -0.25) is 4.79 Å². The quantitative estimate of drug-likeness (QED) is 0.462. The first-order chi connectivity index (χ1) is 15.1. The van der Waals surface area contributed by atoms with Gasteiger partial charge in [-0.25, -0.2) is 18.4 Å². The first-order valence-electron chi connectivity index (χ1n) is 9.62. The standard InChI is InChI=1S/C22H17ClN6O2/c23-17-8-6-16(7-9-17)18-12-19-21-26-29(22(31)27(21)10-11-28(19)25-18)14-20(30)24-13-15-4-2-1-3-5-15/h1-12H,13-14H2,(H,24,30). The largest absolute Gasteiger partial charge is 0.350 e. The average Bonchev–Trinajstić information content (AvgIpc) is 3.35. The maximum Gasteiger partial charge on any atom is 0.350 e. The Bertz CT molecular complexity index is 1450. The summed E-state index contributed by atoms with van der Waals surface area (Å²) in [6, 6.07) is 18.8. The van der Waals surface area contributed by atoms with E-state index < -0.39 is 0 Å². The summed E-state index contributed by atoms with van der Waals surface area (Å²) >= 11 is 5.97. The average molecular weight is 433 g/mol. The normalized spacial score (nSPS) is 11.3. The maximum absolute atomic E-state index is 12.7. The highest BCUT2D eigenvalue weighted by Gasteiger charge is 2.15. The van der Waals surface area contributed by atoms with Gasteiger partial charge in [0.25, 0.3) is 0 Å². The van der Waals surface area contributed by atoms with Crippen molar-refractivity contribution in [2.75, 3.05) is 0 Å². The minimum atomic E-state index is -0.387. The fraction of sp³-hybridized carbons (Fsp3) is 0.0909. The fourth-order valence-corrected chi connectivity index (χ4v) is 3.51. The molecule has 2 aromatic carbocycles. The number of benzene rings is 2. The molecule has 154 valence electrons. The number of hydrogen-bond acceptors (Lipinski definition) is 4. The topological polar surface area (TPSA) is 85.7 Å². The summed E-state index contributed by atoms with van der Waals surface area (Å²) < 4.78 is 4.23. The van der Waals surface area contributed by atoms with Gasteiger partial charge in [0.1, 0.15) is 12.1 Å². The molecular weight excluding hydrogens is 416 g/mol. The molecule has 0 aliphatic heterocycles. The first kappa shape index (κ1) is 19.1. The first-order valence-corrected chi connectivity index (χ1v) is 10.0. The molecule has 1 amide bonds. The lowest BCUT2D eigenvalue weighted by molar-refractivity contribution is -0.122. The predicted octanol–water partition coefficient (Wildman–Crippen LogP) is 2.78. The molecule has 0 bridgehead atoms. The van der Waals surface area contributed by atoms with Gasteiger partial charge in [0.2, 0.25) is 5.91 Å². The number of rotatable bonds is 5. The number of carbonyl (C=O) groups is 1. The lowest BCUT2D eigenvalue weighted by atomic mass is 10.1. The van der Waals surface area contributed by atoms with E-state index in [9.17, 15) is 9.59 Å². The van der Waals surface area contributed by atoms with Gasteiger partial charge in [-0.15, -0.1) is 5.10 Å². The van der Waals surface area contributed by atoms with Crippen LogP contribution < -0.4 is 11.0 Å². The summed E-state index contributed by atoms with van der Waals surface area (Å²) in [5.74, 6) is -0.291. The summed E-state index contributed by atoms with van der Waals surface area (Å²) in [4.78, 5) is 25.1. The molecule has 0 radical (unpaired) electrons. The molecule has 3 heterocycles. The Balaban J connectivity index is 1.44.